The van der Waals surface area contributed by atoms with E-state index in [4.69, 9.17) is 4.74 Å². The molecule has 102 valence electrons. The van der Waals surface area contributed by atoms with E-state index in [-0.39, 0.29) is 0 Å². The number of benzene rings is 1. The fraction of sp³-hybridized carbons (Fsp3) is 0.400. The van der Waals surface area contributed by atoms with E-state index < -0.39 is 0 Å². The van der Waals surface area contributed by atoms with Gasteiger partial charge < -0.3 is 10.1 Å². The van der Waals surface area contributed by atoms with Crippen molar-refractivity contribution in [3.63, 3.8) is 0 Å². The lowest BCUT2D eigenvalue weighted by Gasteiger charge is -2.16. The van der Waals surface area contributed by atoms with E-state index >= 15 is 0 Å². The first kappa shape index (κ1) is 13.6. The van der Waals surface area contributed by atoms with Crippen molar-refractivity contribution in [2.24, 2.45) is 0 Å². The van der Waals surface area contributed by atoms with Crippen LogP contribution in [-0.2, 0) is 0 Å². The third kappa shape index (κ3) is 3.58. The minimum absolute atomic E-state index is 0.409. The molecule has 0 aliphatic heterocycles. The van der Waals surface area contributed by atoms with E-state index in [0.29, 0.717) is 11.9 Å². The topological polar surface area (TPSA) is 49.9 Å². The first-order chi connectivity index (χ1) is 9.22. The number of nitrogens with zero attached hydrogens (tertiary/aromatic N) is 1. The van der Waals surface area contributed by atoms with Crippen LogP contribution in [0.1, 0.15) is 37.6 Å². The lowest BCUT2D eigenvalue weighted by atomic mass is 10.0. The summed E-state index contributed by atoms with van der Waals surface area (Å²) >= 11 is 0. The highest BCUT2D eigenvalue weighted by Gasteiger charge is 2.08. The highest BCUT2D eigenvalue weighted by atomic mass is 16.5. The molecule has 0 aliphatic carbocycles. The van der Waals surface area contributed by atoms with Crippen LogP contribution in [0.2, 0.25) is 0 Å². The van der Waals surface area contributed by atoms with Crippen molar-refractivity contribution in [3.05, 3.63) is 41.6 Å². The molecule has 2 aromatic rings. The largest absolute Gasteiger partial charge is 0.438 e. The van der Waals surface area contributed by atoms with Crippen LogP contribution in [0.15, 0.2) is 30.3 Å². The third-order valence-corrected chi connectivity index (χ3v) is 3.05. The van der Waals surface area contributed by atoms with Crippen molar-refractivity contribution < 1.29 is 4.74 Å². The number of aromatic amines is 1. The molecular formula is C15H21N3O. The van der Waals surface area contributed by atoms with E-state index in [1.54, 1.807) is 0 Å². The summed E-state index contributed by atoms with van der Waals surface area (Å²) in [6.45, 7) is 7.23. The Labute approximate surface area is 114 Å². The molecule has 1 unspecified atom stereocenters. The third-order valence-electron chi connectivity index (χ3n) is 3.05. The molecule has 1 atom stereocenters. The number of aryl methyl sites for hydroxylation is 1. The van der Waals surface area contributed by atoms with Crippen LogP contribution in [0.4, 0.5) is 0 Å². The maximum Gasteiger partial charge on any atom is 0.238 e. The Morgan fingerprint density at radius 1 is 1.26 bits per heavy atom. The Bertz CT molecular complexity index is 504. The van der Waals surface area contributed by atoms with Crippen LogP contribution in [0.3, 0.4) is 0 Å². The number of nitrogens with one attached hydrogen (secondary N) is 2. The molecular weight excluding hydrogens is 238 g/mol. The molecule has 0 saturated heterocycles. The highest BCUT2D eigenvalue weighted by Crippen LogP contribution is 2.23. The van der Waals surface area contributed by atoms with Gasteiger partial charge in [-0.05, 0) is 37.6 Å². The minimum atomic E-state index is 0.409. The molecule has 4 nitrogen and oxygen atoms in total. The van der Waals surface area contributed by atoms with Gasteiger partial charge in [0.05, 0.1) is 0 Å². The average Bonchev–Trinajstić information content (AvgIpc) is 2.82. The van der Waals surface area contributed by atoms with Crippen LogP contribution in [0, 0.1) is 6.92 Å². The van der Waals surface area contributed by atoms with Crippen LogP contribution < -0.4 is 10.1 Å². The second-order valence-electron chi connectivity index (χ2n) is 4.58. The quantitative estimate of drug-likeness (QED) is 0.833. The van der Waals surface area contributed by atoms with E-state index in [0.717, 1.165) is 24.4 Å². The number of ether oxygens (including phenoxy) is 1. The van der Waals surface area contributed by atoms with Crippen molar-refractivity contribution in [2.75, 3.05) is 6.54 Å². The molecule has 1 heterocycles. The molecule has 2 N–H and O–H groups in total. The van der Waals surface area contributed by atoms with Gasteiger partial charge in [-0.15, -0.1) is 5.10 Å². The average molecular weight is 259 g/mol. The molecule has 0 saturated carbocycles. The van der Waals surface area contributed by atoms with E-state index in [1.807, 2.05) is 25.1 Å². The number of rotatable bonds is 6. The Morgan fingerprint density at radius 3 is 2.53 bits per heavy atom. The van der Waals surface area contributed by atoms with Gasteiger partial charge in [-0.2, -0.15) is 0 Å². The second kappa shape index (κ2) is 6.38. The summed E-state index contributed by atoms with van der Waals surface area (Å²) in [5, 5.41) is 10.4. The molecule has 4 heteroatoms. The summed E-state index contributed by atoms with van der Waals surface area (Å²) in [7, 11) is 0. The number of H-pyrrole nitrogens is 1. The summed E-state index contributed by atoms with van der Waals surface area (Å²) in [6, 6.07) is 10.5. The van der Waals surface area contributed by atoms with Gasteiger partial charge in [0, 0.05) is 17.8 Å². The van der Waals surface area contributed by atoms with E-state index in [1.165, 1.54) is 5.56 Å². The summed E-state index contributed by atoms with van der Waals surface area (Å²) in [5.74, 6) is 1.41. The van der Waals surface area contributed by atoms with Crippen LogP contribution in [0.5, 0.6) is 11.6 Å². The molecule has 1 aromatic carbocycles. The van der Waals surface area contributed by atoms with Gasteiger partial charge in [-0.3, -0.25) is 5.10 Å². The molecule has 0 aliphatic rings. The van der Waals surface area contributed by atoms with Gasteiger partial charge in [-0.1, -0.05) is 26.0 Å². The van der Waals surface area contributed by atoms with Crippen LogP contribution in [-0.4, -0.2) is 16.7 Å². The SMILES string of the molecule is CCNC(CC)c1ccc(Oc2cc(C)[nH]n2)cc1. The second-order valence-corrected chi connectivity index (χ2v) is 4.58. The number of aromatic nitrogens is 2. The zero-order valence-corrected chi connectivity index (χ0v) is 11.7. The maximum atomic E-state index is 5.66. The highest BCUT2D eigenvalue weighted by molar-refractivity contribution is 5.32. The predicted molar refractivity (Wildman–Crippen MR) is 76.5 cm³/mol. The van der Waals surface area contributed by atoms with Gasteiger partial charge in [0.2, 0.25) is 5.88 Å². The van der Waals surface area contributed by atoms with E-state index in [9.17, 15) is 0 Å². The molecule has 0 spiro atoms. The van der Waals surface area contributed by atoms with Crippen molar-refractivity contribution in [1.82, 2.24) is 15.5 Å². The minimum Gasteiger partial charge on any atom is -0.438 e. The fourth-order valence-corrected chi connectivity index (χ4v) is 2.08. The zero-order valence-electron chi connectivity index (χ0n) is 11.7. The Kier molecular flexibility index (Phi) is 4.58. The molecule has 0 fully saturated rings. The monoisotopic (exact) mass is 259 g/mol. The molecule has 0 amide bonds. The van der Waals surface area contributed by atoms with E-state index in [2.05, 4.69) is 41.5 Å². The first-order valence-electron chi connectivity index (χ1n) is 6.76. The zero-order chi connectivity index (χ0) is 13.7. The van der Waals surface area contributed by atoms with Crippen molar-refractivity contribution in [2.45, 2.75) is 33.2 Å². The number of hydrogen-bond donors (Lipinski definition) is 2. The lowest BCUT2D eigenvalue weighted by molar-refractivity contribution is 0.460. The van der Waals surface area contributed by atoms with Crippen LogP contribution in [0.25, 0.3) is 0 Å². The van der Waals surface area contributed by atoms with Gasteiger partial charge in [0.15, 0.2) is 0 Å². The molecule has 0 bridgehead atoms. The van der Waals surface area contributed by atoms with Crippen molar-refractivity contribution in [1.29, 1.82) is 0 Å². The predicted octanol–water partition coefficient (Wildman–Crippen LogP) is 3.57. The summed E-state index contributed by atoms with van der Waals surface area (Å²) in [6.07, 6.45) is 1.08. The fourth-order valence-electron chi connectivity index (χ4n) is 2.08. The smallest absolute Gasteiger partial charge is 0.238 e. The normalized spacial score (nSPS) is 12.4. The number of hydrogen-bond acceptors (Lipinski definition) is 3. The molecule has 0 radical (unpaired) electrons. The van der Waals surface area contributed by atoms with Gasteiger partial charge in [0.25, 0.3) is 0 Å². The van der Waals surface area contributed by atoms with Crippen molar-refractivity contribution in [3.8, 4) is 11.6 Å². The standard InChI is InChI=1S/C15H21N3O/c1-4-14(16-5-2)12-6-8-13(9-7-12)19-15-10-11(3)17-18-15/h6-10,14,16H,4-5H2,1-3H3,(H,17,18). The van der Waals surface area contributed by atoms with Gasteiger partial charge in [0.1, 0.15) is 5.75 Å². The molecule has 19 heavy (non-hydrogen) atoms. The molecule has 1 aromatic heterocycles. The lowest BCUT2D eigenvalue weighted by Crippen LogP contribution is -2.19. The Morgan fingerprint density at radius 2 is 2.00 bits per heavy atom. The summed E-state index contributed by atoms with van der Waals surface area (Å²) in [5.41, 5.74) is 2.28. The molecule has 2 rings (SSSR count). The van der Waals surface area contributed by atoms with Gasteiger partial charge >= 0.3 is 0 Å². The van der Waals surface area contributed by atoms with Crippen LogP contribution >= 0.6 is 0 Å². The van der Waals surface area contributed by atoms with Gasteiger partial charge in [-0.25, -0.2) is 0 Å². The Balaban J connectivity index is 2.05. The Hall–Kier alpha value is -1.81. The first-order valence-corrected chi connectivity index (χ1v) is 6.76. The van der Waals surface area contributed by atoms with Crippen molar-refractivity contribution >= 4 is 0 Å². The summed E-state index contributed by atoms with van der Waals surface area (Å²) < 4.78 is 5.66. The summed E-state index contributed by atoms with van der Waals surface area (Å²) in [4.78, 5) is 0. The maximum absolute atomic E-state index is 5.66.